The fraction of sp³-hybridized carbons (Fsp3) is 0.381. The number of methoxy groups -OCH3 is 1. The quantitative estimate of drug-likeness (QED) is 0.734. The van der Waals surface area contributed by atoms with Crippen molar-refractivity contribution in [3.8, 4) is 11.5 Å². The van der Waals surface area contributed by atoms with Crippen LogP contribution in [0.5, 0.6) is 11.5 Å². The van der Waals surface area contributed by atoms with E-state index in [1.165, 1.54) is 0 Å². The van der Waals surface area contributed by atoms with E-state index in [1.54, 1.807) is 18.9 Å². The molecule has 1 amide bonds. The Kier molecular flexibility index (Phi) is 6.22. The maximum atomic E-state index is 12.5. The summed E-state index contributed by atoms with van der Waals surface area (Å²) in [5.74, 6) is 2.63. The van der Waals surface area contributed by atoms with Gasteiger partial charge in [-0.25, -0.2) is 0 Å². The van der Waals surface area contributed by atoms with Crippen molar-refractivity contribution in [2.45, 2.75) is 37.7 Å². The number of hydrogen-bond acceptors (Lipinski definition) is 4. The summed E-state index contributed by atoms with van der Waals surface area (Å²) in [6, 6.07) is 13.3. The predicted molar refractivity (Wildman–Crippen MR) is 111 cm³/mol. The average molecular weight is 406 g/mol. The number of thioether (sulfide) groups is 1. The second-order valence-electron chi connectivity index (χ2n) is 7.17. The van der Waals surface area contributed by atoms with Gasteiger partial charge in [-0.1, -0.05) is 29.8 Å². The van der Waals surface area contributed by atoms with Crippen LogP contribution in [-0.4, -0.2) is 24.4 Å². The fourth-order valence-electron chi connectivity index (χ4n) is 3.19. The summed E-state index contributed by atoms with van der Waals surface area (Å²) in [5, 5.41) is 3.89. The number of rotatable bonds is 6. The Bertz CT molecular complexity index is 825. The first kappa shape index (κ1) is 19.9. The molecule has 1 heterocycles. The van der Waals surface area contributed by atoms with Crippen LogP contribution in [0.2, 0.25) is 5.02 Å². The van der Waals surface area contributed by atoms with Crippen molar-refractivity contribution in [2.75, 3.05) is 12.9 Å². The number of carbonyl (C=O) groups is 1. The summed E-state index contributed by atoms with van der Waals surface area (Å²) < 4.78 is 11.4. The third-order valence-electron chi connectivity index (χ3n) is 4.46. The minimum absolute atomic E-state index is 0.00326. The highest BCUT2D eigenvalue weighted by Crippen LogP contribution is 2.41. The Morgan fingerprint density at radius 3 is 2.85 bits per heavy atom. The van der Waals surface area contributed by atoms with Crippen LogP contribution in [0.15, 0.2) is 42.5 Å². The average Bonchev–Trinajstić information content (AvgIpc) is 2.62. The standard InChI is InChI=1S/C21H24ClNO3S/c1-21(2)11-18(16-10-15(25-3)8-9-19(16)26-21)23-20(24)13-27-12-14-6-4-5-7-17(14)22/h4-10,18H,11-13H2,1-3H3,(H,23,24)/t18-/m1/s1. The molecule has 0 radical (unpaired) electrons. The van der Waals surface area contributed by atoms with Gasteiger partial charge < -0.3 is 14.8 Å². The number of carbonyl (C=O) groups excluding carboxylic acids is 1. The molecule has 0 aromatic heterocycles. The highest BCUT2D eigenvalue weighted by atomic mass is 35.5. The molecule has 0 spiro atoms. The fourth-order valence-corrected chi connectivity index (χ4v) is 4.32. The molecular weight excluding hydrogens is 382 g/mol. The Hall–Kier alpha value is -1.85. The van der Waals surface area contributed by atoms with Gasteiger partial charge in [0.2, 0.25) is 5.91 Å². The summed E-state index contributed by atoms with van der Waals surface area (Å²) in [5.41, 5.74) is 1.65. The van der Waals surface area contributed by atoms with Crippen LogP contribution in [0, 0.1) is 0 Å². The van der Waals surface area contributed by atoms with Gasteiger partial charge in [-0.3, -0.25) is 4.79 Å². The van der Waals surface area contributed by atoms with Crippen LogP contribution in [-0.2, 0) is 10.5 Å². The lowest BCUT2D eigenvalue weighted by Crippen LogP contribution is -2.41. The van der Waals surface area contributed by atoms with Gasteiger partial charge in [-0.15, -0.1) is 11.8 Å². The highest BCUT2D eigenvalue weighted by molar-refractivity contribution is 7.99. The molecule has 1 N–H and O–H groups in total. The van der Waals surface area contributed by atoms with E-state index in [-0.39, 0.29) is 17.6 Å². The van der Waals surface area contributed by atoms with Crippen molar-refractivity contribution in [2.24, 2.45) is 0 Å². The van der Waals surface area contributed by atoms with Gasteiger partial charge >= 0.3 is 0 Å². The minimum atomic E-state index is -0.343. The largest absolute Gasteiger partial charge is 0.497 e. The van der Waals surface area contributed by atoms with Crippen molar-refractivity contribution in [1.82, 2.24) is 5.32 Å². The van der Waals surface area contributed by atoms with Crippen LogP contribution in [0.1, 0.15) is 37.4 Å². The maximum Gasteiger partial charge on any atom is 0.230 e. The summed E-state index contributed by atoms with van der Waals surface area (Å²) in [7, 11) is 1.63. The Balaban J connectivity index is 1.64. The van der Waals surface area contributed by atoms with E-state index in [0.29, 0.717) is 17.9 Å². The third kappa shape index (κ3) is 5.11. The number of amides is 1. The van der Waals surface area contributed by atoms with Crippen molar-refractivity contribution in [3.63, 3.8) is 0 Å². The zero-order chi connectivity index (χ0) is 19.4. The molecule has 0 aliphatic carbocycles. The Morgan fingerprint density at radius 1 is 1.33 bits per heavy atom. The third-order valence-corrected chi connectivity index (χ3v) is 5.81. The molecule has 0 unspecified atom stereocenters. The van der Waals surface area contributed by atoms with Gasteiger partial charge in [0.05, 0.1) is 18.9 Å². The van der Waals surface area contributed by atoms with E-state index < -0.39 is 0 Å². The molecule has 1 aliphatic rings. The van der Waals surface area contributed by atoms with Crippen LogP contribution < -0.4 is 14.8 Å². The number of ether oxygens (including phenoxy) is 2. The molecular formula is C21H24ClNO3S. The minimum Gasteiger partial charge on any atom is -0.497 e. The molecule has 2 aromatic rings. The lowest BCUT2D eigenvalue weighted by atomic mass is 9.89. The second kappa shape index (κ2) is 8.44. The SMILES string of the molecule is COc1ccc2c(c1)[C@H](NC(=O)CSCc1ccccc1Cl)CC(C)(C)O2. The first-order chi connectivity index (χ1) is 12.9. The number of nitrogens with one attached hydrogen (secondary N) is 1. The molecule has 0 fully saturated rings. The summed E-state index contributed by atoms with van der Waals surface area (Å²) in [6.07, 6.45) is 0.702. The maximum absolute atomic E-state index is 12.5. The van der Waals surface area contributed by atoms with Crippen LogP contribution >= 0.6 is 23.4 Å². The zero-order valence-corrected chi connectivity index (χ0v) is 17.3. The molecule has 1 atom stereocenters. The highest BCUT2D eigenvalue weighted by Gasteiger charge is 2.34. The van der Waals surface area contributed by atoms with E-state index in [0.717, 1.165) is 27.6 Å². The van der Waals surface area contributed by atoms with E-state index in [2.05, 4.69) is 5.32 Å². The molecule has 0 saturated heterocycles. The molecule has 1 aliphatic heterocycles. The summed E-state index contributed by atoms with van der Waals surface area (Å²) >= 11 is 7.73. The van der Waals surface area contributed by atoms with Gasteiger partial charge in [0.15, 0.2) is 0 Å². The Morgan fingerprint density at radius 2 is 2.11 bits per heavy atom. The van der Waals surface area contributed by atoms with Crippen molar-refractivity contribution in [3.05, 3.63) is 58.6 Å². The lowest BCUT2D eigenvalue weighted by Gasteiger charge is -2.38. The van der Waals surface area contributed by atoms with Gasteiger partial charge in [-0.2, -0.15) is 0 Å². The molecule has 2 aromatic carbocycles. The lowest BCUT2D eigenvalue weighted by molar-refractivity contribution is -0.119. The first-order valence-corrected chi connectivity index (χ1v) is 10.4. The number of benzene rings is 2. The molecule has 0 saturated carbocycles. The zero-order valence-electron chi connectivity index (χ0n) is 15.8. The smallest absolute Gasteiger partial charge is 0.230 e. The van der Waals surface area contributed by atoms with E-state index in [1.807, 2.05) is 56.3 Å². The summed E-state index contributed by atoms with van der Waals surface area (Å²) in [4.78, 5) is 12.5. The molecule has 27 heavy (non-hydrogen) atoms. The number of halogens is 1. The summed E-state index contributed by atoms with van der Waals surface area (Å²) in [6.45, 7) is 4.07. The van der Waals surface area contributed by atoms with E-state index in [4.69, 9.17) is 21.1 Å². The molecule has 144 valence electrons. The number of fused-ring (bicyclic) bond motifs is 1. The number of hydrogen-bond donors (Lipinski definition) is 1. The monoisotopic (exact) mass is 405 g/mol. The van der Waals surface area contributed by atoms with Gasteiger partial charge in [0.25, 0.3) is 0 Å². The predicted octanol–water partition coefficient (Wildman–Crippen LogP) is 5.00. The normalized spacial score (nSPS) is 17.6. The van der Waals surface area contributed by atoms with E-state index >= 15 is 0 Å². The van der Waals surface area contributed by atoms with E-state index in [9.17, 15) is 4.79 Å². The molecule has 3 rings (SSSR count). The molecule has 0 bridgehead atoms. The van der Waals surface area contributed by atoms with Crippen molar-refractivity contribution >= 4 is 29.3 Å². The van der Waals surface area contributed by atoms with Crippen LogP contribution in [0.3, 0.4) is 0 Å². The molecule has 4 nitrogen and oxygen atoms in total. The van der Waals surface area contributed by atoms with Crippen LogP contribution in [0.4, 0.5) is 0 Å². The van der Waals surface area contributed by atoms with Crippen LogP contribution in [0.25, 0.3) is 0 Å². The molecule has 6 heteroatoms. The van der Waals surface area contributed by atoms with Gasteiger partial charge in [0.1, 0.15) is 17.1 Å². The first-order valence-electron chi connectivity index (χ1n) is 8.85. The Labute approximate surface area is 169 Å². The van der Waals surface area contributed by atoms with Crippen molar-refractivity contribution in [1.29, 1.82) is 0 Å². The second-order valence-corrected chi connectivity index (χ2v) is 8.57. The van der Waals surface area contributed by atoms with Gasteiger partial charge in [0, 0.05) is 22.8 Å². The topological polar surface area (TPSA) is 47.6 Å². The van der Waals surface area contributed by atoms with Crippen molar-refractivity contribution < 1.29 is 14.3 Å². The van der Waals surface area contributed by atoms with Gasteiger partial charge in [-0.05, 0) is 43.7 Å².